The molecule has 0 aliphatic carbocycles. The van der Waals surface area contributed by atoms with Crippen LogP contribution in [0.3, 0.4) is 0 Å². The van der Waals surface area contributed by atoms with Crippen molar-refractivity contribution < 1.29 is 14.5 Å². The normalized spacial score (nSPS) is 12.7. The van der Waals surface area contributed by atoms with Gasteiger partial charge in [0.05, 0.1) is 6.20 Å². The van der Waals surface area contributed by atoms with Gasteiger partial charge in [-0.2, -0.15) is 0 Å². The van der Waals surface area contributed by atoms with Gasteiger partial charge < -0.3 is 5.11 Å². The summed E-state index contributed by atoms with van der Waals surface area (Å²) >= 11 is 0. The molecule has 0 spiro atoms. The van der Waals surface area contributed by atoms with E-state index in [9.17, 15) is 4.79 Å². The van der Waals surface area contributed by atoms with E-state index in [1.165, 1.54) is 0 Å². The number of nitrogens with zero attached hydrogens (tertiary/aromatic N) is 2. The van der Waals surface area contributed by atoms with Crippen molar-refractivity contribution in [2.75, 3.05) is 0 Å². The van der Waals surface area contributed by atoms with E-state index in [2.05, 4.69) is 6.58 Å². The zero-order valence-corrected chi connectivity index (χ0v) is 9.13. The minimum absolute atomic E-state index is 0.352. The molecule has 15 heavy (non-hydrogen) atoms. The highest BCUT2D eigenvalue weighted by Gasteiger charge is 2.25. The Labute approximate surface area is 89.5 Å². The monoisotopic (exact) mass is 209 g/mol. The topological polar surface area (TPSA) is 46.1 Å². The Bertz CT molecular complexity index is 355. The number of carboxylic acids is 1. The molecule has 4 heteroatoms. The largest absolute Gasteiger partial charge is 0.478 e. The molecule has 0 bridgehead atoms. The van der Waals surface area contributed by atoms with E-state index in [0.29, 0.717) is 12.3 Å². The first-order chi connectivity index (χ1) is 7.04. The highest BCUT2D eigenvalue weighted by Crippen LogP contribution is 2.11. The van der Waals surface area contributed by atoms with Gasteiger partial charge in [-0.15, -0.1) is 0 Å². The number of carbonyl (C=O) groups is 1. The average Bonchev–Trinajstić information content (AvgIpc) is 2.61. The molecule has 1 unspecified atom stereocenters. The van der Waals surface area contributed by atoms with Gasteiger partial charge in [0, 0.05) is 6.42 Å². The summed E-state index contributed by atoms with van der Waals surface area (Å²) in [6, 6.07) is -0.494. The number of hydrogen-bond acceptors (Lipinski definition) is 1. The maximum atomic E-state index is 11.1. The zero-order chi connectivity index (χ0) is 11.4. The van der Waals surface area contributed by atoms with Crippen molar-refractivity contribution in [1.29, 1.82) is 0 Å². The van der Waals surface area contributed by atoms with Gasteiger partial charge in [-0.3, -0.25) is 0 Å². The van der Waals surface area contributed by atoms with E-state index < -0.39 is 12.0 Å². The lowest BCUT2D eigenvalue weighted by molar-refractivity contribution is -0.711. The predicted octanol–water partition coefficient (Wildman–Crippen LogP) is 1.55. The third-order valence-corrected chi connectivity index (χ3v) is 2.23. The molecule has 0 aromatic carbocycles. The van der Waals surface area contributed by atoms with Gasteiger partial charge in [0.2, 0.25) is 6.33 Å². The molecule has 0 saturated carbocycles. The van der Waals surface area contributed by atoms with Crippen molar-refractivity contribution in [1.82, 2.24) is 4.57 Å². The minimum atomic E-state index is -0.796. The Morgan fingerprint density at radius 2 is 2.33 bits per heavy atom. The number of imidazole rings is 1. The van der Waals surface area contributed by atoms with Gasteiger partial charge in [0.1, 0.15) is 12.4 Å². The second-order valence-electron chi connectivity index (χ2n) is 3.97. The van der Waals surface area contributed by atoms with Gasteiger partial charge >= 0.3 is 5.97 Å². The van der Waals surface area contributed by atoms with Crippen LogP contribution in [0.1, 0.15) is 26.3 Å². The van der Waals surface area contributed by atoms with Crippen molar-refractivity contribution >= 4 is 12.2 Å². The molecule has 0 radical (unpaired) electrons. The fourth-order valence-corrected chi connectivity index (χ4v) is 1.47. The van der Waals surface area contributed by atoms with Crippen molar-refractivity contribution in [2.24, 2.45) is 5.92 Å². The highest BCUT2D eigenvalue weighted by atomic mass is 16.4. The molecule has 1 aromatic rings. The van der Waals surface area contributed by atoms with E-state index in [0.717, 1.165) is 0 Å². The average molecular weight is 209 g/mol. The molecule has 0 saturated heterocycles. The molecule has 0 aliphatic rings. The van der Waals surface area contributed by atoms with E-state index >= 15 is 0 Å². The van der Waals surface area contributed by atoms with Crippen LogP contribution in [0.5, 0.6) is 0 Å². The second kappa shape index (κ2) is 4.77. The smallest absolute Gasteiger partial charge is 0.349 e. The van der Waals surface area contributed by atoms with Crippen LogP contribution in [0.15, 0.2) is 25.3 Å². The van der Waals surface area contributed by atoms with Crippen LogP contribution in [0.25, 0.3) is 6.20 Å². The van der Waals surface area contributed by atoms with Crippen molar-refractivity contribution in [3.05, 3.63) is 25.3 Å². The first kappa shape index (κ1) is 11.5. The molecule has 1 atom stereocenters. The molecule has 1 rings (SSSR count). The van der Waals surface area contributed by atoms with Gasteiger partial charge in [0.15, 0.2) is 6.04 Å². The van der Waals surface area contributed by atoms with Crippen LogP contribution in [0.4, 0.5) is 0 Å². The Morgan fingerprint density at radius 3 is 2.73 bits per heavy atom. The summed E-state index contributed by atoms with van der Waals surface area (Å²) < 4.78 is 3.43. The molecule has 1 N–H and O–H groups in total. The molecular formula is C11H17N2O2+. The second-order valence-corrected chi connectivity index (χ2v) is 3.97. The summed E-state index contributed by atoms with van der Waals surface area (Å²) in [6.07, 6.45) is 7.52. The fraction of sp³-hybridized carbons (Fsp3) is 0.455. The molecule has 0 aliphatic heterocycles. The maximum absolute atomic E-state index is 11.1. The van der Waals surface area contributed by atoms with Crippen LogP contribution in [-0.2, 0) is 4.79 Å². The van der Waals surface area contributed by atoms with Crippen molar-refractivity contribution in [3.63, 3.8) is 0 Å². The Morgan fingerprint density at radius 1 is 1.67 bits per heavy atom. The van der Waals surface area contributed by atoms with Crippen LogP contribution < -0.4 is 4.57 Å². The van der Waals surface area contributed by atoms with Crippen LogP contribution in [-0.4, -0.2) is 15.6 Å². The minimum Gasteiger partial charge on any atom is -0.478 e. The lowest BCUT2D eigenvalue weighted by Crippen LogP contribution is -2.43. The summed E-state index contributed by atoms with van der Waals surface area (Å²) in [5.41, 5.74) is 0. The number of aromatic nitrogens is 2. The Hall–Kier alpha value is -1.58. The van der Waals surface area contributed by atoms with Gasteiger partial charge in [-0.1, -0.05) is 20.4 Å². The van der Waals surface area contributed by atoms with E-state index in [1.807, 2.05) is 13.8 Å². The lowest BCUT2D eigenvalue weighted by atomic mass is 10.0. The molecule has 82 valence electrons. The van der Waals surface area contributed by atoms with Crippen molar-refractivity contribution in [2.45, 2.75) is 26.3 Å². The highest BCUT2D eigenvalue weighted by molar-refractivity contribution is 5.69. The SMILES string of the molecule is C=Cn1cc[n+](C(CC(C)C)C(=O)O)c1. The van der Waals surface area contributed by atoms with E-state index in [4.69, 9.17) is 5.11 Å². The number of carboxylic acid groups (broad SMARTS) is 1. The molecule has 0 amide bonds. The predicted molar refractivity (Wildman–Crippen MR) is 57.1 cm³/mol. The first-order valence-electron chi connectivity index (χ1n) is 4.98. The molecule has 4 nitrogen and oxygen atoms in total. The summed E-state index contributed by atoms with van der Waals surface area (Å²) in [5, 5.41) is 9.10. The quantitative estimate of drug-likeness (QED) is 0.748. The Balaban J connectivity index is 2.88. The first-order valence-corrected chi connectivity index (χ1v) is 4.98. The third-order valence-electron chi connectivity index (χ3n) is 2.23. The molecule has 1 aromatic heterocycles. The van der Waals surface area contributed by atoms with Gasteiger partial charge in [-0.05, 0) is 5.92 Å². The van der Waals surface area contributed by atoms with Crippen LogP contribution in [0.2, 0.25) is 0 Å². The molecule has 0 fully saturated rings. The number of aliphatic carboxylic acids is 1. The van der Waals surface area contributed by atoms with E-state index in [-0.39, 0.29) is 0 Å². The van der Waals surface area contributed by atoms with Crippen LogP contribution >= 0.6 is 0 Å². The number of rotatable bonds is 5. The molecule has 1 heterocycles. The lowest BCUT2D eigenvalue weighted by Gasteiger charge is -2.10. The Kier molecular flexibility index (Phi) is 3.66. The maximum Gasteiger partial charge on any atom is 0.349 e. The van der Waals surface area contributed by atoms with Crippen molar-refractivity contribution in [3.8, 4) is 0 Å². The third kappa shape index (κ3) is 2.94. The zero-order valence-electron chi connectivity index (χ0n) is 9.13. The van der Waals surface area contributed by atoms with Gasteiger partial charge in [0.25, 0.3) is 0 Å². The van der Waals surface area contributed by atoms with Gasteiger partial charge in [-0.25, -0.2) is 13.9 Å². The van der Waals surface area contributed by atoms with Crippen LogP contribution in [0, 0.1) is 5.92 Å². The summed E-state index contributed by atoms with van der Waals surface area (Å²) in [5.74, 6) is -0.443. The fourth-order valence-electron chi connectivity index (χ4n) is 1.47. The number of hydrogen-bond donors (Lipinski definition) is 1. The standard InChI is InChI=1S/C11H16N2O2/c1-4-12-5-6-13(8-12)10(11(14)15)7-9(2)3/h4-6,8-10H,1,7H2,2-3H3/p+1. The summed E-state index contributed by atoms with van der Waals surface area (Å²) in [6.45, 7) is 7.64. The van der Waals surface area contributed by atoms with E-state index in [1.54, 1.807) is 34.1 Å². The summed E-state index contributed by atoms with van der Waals surface area (Å²) in [4.78, 5) is 11.1. The summed E-state index contributed by atoms with van der Waals surface area (Å²) in [7, 11) is 0. The molecular weight excluding hydrogens is 192 g/mol.